The molecule has 3 aliphatic heterocycles. The molecule has 140 valence electrons. The number of fused-ring (bicyclic) bond motifs is 3. The SMILES string of the molecule is O=C1O[C@@]23C[C@@H](C=CC2=C1C(O)c1ccc([N+](=O)[O-])cc1)N1CCCC[C@H]13. The maximum absolute atomic E-state index is 12.8. The van der Waals surface area contributed by atoms with Gasteiger partial charge in [-0.1, -0.05) is 18.6 Å². The Balaban J connectivity index is 1.56. The van der Waals surface area contributed by atoms with Gasteiger partial charge in [0.05, 0.1) is 16.5 Å². The molecular formula is C20H20N2O5. The highest BCUT2D eigenvalue weighted by atomic mass is 16.6. The first-order chi connectivity index (χ1) is 13.0. The first-order valence-corrected chi connectivity index (χ1v) is 9.35. The van der Waals surface area contributed by atoms with Gasteiger partial charge in [-0.25, -0.2) is 4.79 Å². The monoisotopic (exact) mass is 368 g/mol. The maximum atomic E-state index is 12.8. The van der Waals surface area contributed by atoms with Crippen molar-refractivity contribution in [1.29, 1.82) is 0 Å². The predicted octanol–water partition coefficient (Wildman–Crippen LogP) is 2.42. The minimum absolute atomic E-state index is 0.0527. The van der Waals surface area contributed by atoms with Gasteiger partial charge >= 0.3 is 5.97 Å². The zero-order valence-corrected chi connectivity index (χ0v) is 14.7. The fourth-order valence-electron chi connectivity index (χ4n) is 5.25. The van der Waals surface area contributed by atoms with Crippen LogP contribution in [0.2, 0.25) is 0 Å². The third-order valence-electron chi connectivity index (χ3n) is 6.44. The molecule has 1 spiro atoms. The molecule has 1 aromatic carbocycles. The number of nitro benzene ring substituents is 1. The number of nitro groups is 1. The van der Waals surface area contributed by atoms with Gasteiger partial charge in [-0.05, 0) is 37.1 Å². The van der Waals surface area contributed by atoms with Crippen LogP contribution in [0.15, 0.2) is 47.6 Å². The van der Waals surface area contributed by atoms with E-state index >= 15 is 0 Å². The van der Waals surface area contributed by atoms with Crippen molar-refractivity contribution in [2.24, 2.45) is 0 Å². The number of benzene rings is 1. The number of non-ortho nitro benzene ring substituents is 1. The molecule has 2 fully saturated rings. The Morgan fingerprint density at radius 1 is 1.30 bits per heavy atom. The van der Waals surface area contributed by atoms with E-state index in [1.165, 1.54) is 24.3 Å². The molecule has 2 saturated heterocycles. The van der Waals surface area contributed by atoms with Crippen molar-refractivity contribution in [2.75, 3.05) is 6.54 Å². The Morgan fingerprint density at radius 3 is 2.81 bits per heavy atom. The molecule has 2 bridgehead atoms. The lowest BCUT2D eigenvalue weighted by Crippen LogP contribution is -2.48. The van der Waals surface area contributed by atoms with E-state index in [1.54, 1.807) is 0 Å². The van der Waals surface area contributed by atoms with Crippen LogP contribution < -0.4 is 0 Å². The van der Waals surface area contributed by atoms with E-state index in [1.807, 2.05) is 6.08 Å². The Labute approximate surface area is 156 Å². The van der Waals surface area contributed by atoms with Crippen LogP contribution in [-0.4, -0.2) is 45.1 Å². The first-order valence-electron chi connectivity index (χ1n) is 9.35. The molecule has 1 unspecified atom stereocenters. The molecule has 1 aliphatic carbocycles. The minimum atomic E-state index is -1.16. The lowest BCUT2D eigenvalue weighted by Gasteiger charge is -2.37. The summed E-state index contributed by atoms with van der Waals surface area (Å²) in [6.45, 7) is 1.01. The predicted molar refractivity (Wildman–Crippen MR) is 95.8 cm³/mol. The lowest BCUT2D eigenvalue weighted by atomic mass is 9.78. The van der Waals surface area contributed by atoms with Gasteiger partial charge in [0.15, 0.2) is 5.60 Å². The van der Waals surface area contributed by atoms with E-state index in [9.17, 15) is 20.0 Å². The molecule has 1 N–H and O–H groups in total. The third kappa shape index (κ3) is 2.25. The number of carbonyl (C=O) groups is 1. The summed E-state index contributed by atoms with van der Waals surface area (Å²) in [4.78, 5) is 25.6. The number of nitrogens with zero attached hydrogens (tertiary/aromatic N) is 2. The van der Waals surface area contributed by atoms with Crippen molar-refractivity contribution in [3.63, 3.8) is 0 Å². The van der Waals surface area contributed by atoms with Crippen molar-refractivity contribution in [3.8, 4) is 0 Å². The average molecular weight is 368 g/mol. The van der Waals surface area contributed by atoms with Crippen LogP contribution in [0.5, 0.6) is 0 Å². The van der Waals surface area contributed by atoms with E-state index < -0.39 is 22.6 Å². The summed E-state index contributed by atoms with van der Waals surface area (Å²) in [7, 11) is 0. The van der Waals surface area contributed by atoms with Crippen LogP contribution >= 0.6 is 0 Å². The van der Waals surface area contributed by atoms with Gasteiger partial charge in [0, 0.05) is 30.2 Å². The Morgan fingerprint density at radius 2 is 2.07 bits per heavy atom. The maximum Gasteiger partial charge on any atom is 0.338 e. The summed E-state index contributed by atoms with van der Waals surface area (Å²) in [5.74, 6) is -0.478. The van der Waals surface area contributed by atoms with Crippen LogP contribution in [0, 0.1) is 10.1 Å². The van der Waals surface area contributed by atoms with E-state index in [0.717, 1.165) is 37.8 Å². The smallest absolute Gasteiger partial charge is 0.338 e. The zero-order chi connectivity index (χ0) is 18.8. The van der Waals surface area contributed by atoms with Crippen molar-refractivity contribution in [1.82, 2.24) is 4.90 Å². The van der Waals surface area contributed by atoms with Crippen molar-refractivity contribution >= 4 is 11.7 Å². The average Bonchev–Trinajstić information content (AvgIpc) is 3.12. The standard InChI is InChI=1S/C20H20N2O5/c23-18(12-4-6-13(7-5-12)22(25)26)17-15-9-8-14-11-20(15,27-19(17)24)16-3-1-2-10-21(14)16/h4-9,14,16,18,23H,1-3,10-11H2/t14-,16+,18?,20+/m1/s1. The summed E-state index contributed by atoms with van der Waals surface area (Å²) in [5.41, 5.74) is 0.790. The third-order valence-corrected chi connectivity index (χ3v) is 6.44. The number of esters is 1. The quantitative estimate of drug-likeness (QED) is 0.500. The summed E-state index contributed by atoms with van der Waals surface area (Å²) in [6, 6.07) is 6.10. The highest BCUT2D eigenvalue weighted by Crippen LogP contribution is 2.54. The van der Waals surface area contributed by atoms with Gasteiger partial charge < -0.3 is 9.84 Å². The molecule has 3 heterocycles. The van der Waals surface area contributed by atoms with Crippen LogP contribution in [0.1, 0.15) is 37.4 Å². The number of ether oxygens (including phenoxy) is 1. The normalized spacial score (nSPS) is 32.9. The van der Waals surface area contributed by atoms with E-state index in [-0.39, 0.29) is 23.3 Å². The van der Waals surface area contributed by atoms with Crippen LogP contribution in [0.3, 0.4) is 0 Å². The molecule has 0 amide bonds. The van der Waals surface area contributed by atoms with Gasteiger partial charge in [0.2, 0.25) is 0 Å². The molecule has 0 aromatic heterocycles. The fraction of sp³-hybridized carbons (Fsp3) is 0.450. The molecule has 4 aliphatic rings. The second-order valence-electron chi connectivity index (χ2n) is 7.74. The molecule has 27 heavy (non-hydrogen) atoms. The second kappa shape index (κ2) is 5.74. The van der Waals surface area contributed by atoms with E-state index in [4.69, 9.17) is 4.74 Å². The van der Waals surface area contributed by atoms with Crippen LogP contribution in [0.25, 0.3) is 0 Å². The highest BCUT2D eigenvalue weighted by molar-refractivity contribution is 5.96. The fourth-order valence-corrected chi connectivity index (χ4v) is 5.25. The molecule has 7 nitrogen and oxygen atoms in total. The number of piperidine rings is 1. The first kappa shape index (κ1) is 16.6. The van der Waals surface area contributed by atoms with E-state index in [0.29, 0.717) is 5.56 Å². The van der Waals surface area contributed by atoms with Crippen LogP contribution in [0.4, 0.5) is 5.69 Å². The van der Waals surface area contributed by atoms with Crippen molar-refractivity contribution in [3.05, 3.63) is 63.2 Å². The van der Waals surface area contributed by atoms with Gasteiger partial charge in [0.25, 0.3) is 5.69 Å². The highest BCUT2D eigenvalue weighted by Gasteiger charge is 2.62. The molecule has 4 atom stereocenters. The Kier molecular flexibility index (Phi) is 3.54. The van der Waals surface area contributed by atoms with E-state index in [2.05, 4.69) is 11.0 Å². The number of carbonyl (C=O) groups excluding carboxylic acids is 1. The molecular weight excluding hydrogens is 348 g/mol. The van der Waals surface area contributed by atoms with Gasteiger partial charge in [-0.3, -0.25) is 15.0 Å². The minimum Gasteiger partial charge on any atom is -0.449 e. The molecule has 7 heteroatoms. The summed E-state index contributed by atoms with van der Waals surface area (Å²) in [6.07, 6.45) is 6.89. The van der Waals surface area contributed by atoms with Crippen molar-refractivity contribution < 1.29 is 19.6 Å². The molecule has 0 radical (unpaired) electrons. The summed E-state index contributed by atoms with van der Waals surface area (Å²) < 4.78 is 5.96. The largest absolute Gasteiger partial charge is 0.449 e. The van der Waals surface area contributed by atoms with Gasteiger partial charge in [-0.2, -0.15) is 0 Å². The molecule has 1 aromatic rings. The Hall–Kier alpha value is -2.51. The van der Waals surface area contributed by atoms with Crippen LogP contribution in [-0.2, 0) is 9.53 Å². The number of aliphatic hydroxyl groups excluding tert-OH is 1. The summed E-state index contributed by atoms with van der Waals surface area (Å²) in [5, 5.41) is 21.7. The number of aliphatic hydroxyl groups is 1. The lowest BCUT2D eigenvalue weighted by molar-refractivity contribution is -0.384. The molecule has 0 saturated carbocycles. The number of hydrogen-bond acceptors (Lipinski definition) is 6. The molecule has 5 rings (SSSR count). The second-order valence-corrected chi connectivity index (χ2v) is 7.74. The topological polar surface area (TPSA) is 92.9 Å². The Bertz CT molecular complexity index is 890. The number of hydrogen-bond donors (Lipinski definition) is 1. The van der Waals surface area contributed by atoms with Gasteiger partial charge in [0.1, 0.15) is 6.10 Å². The van der Waals surface area contributed by atoms with Gasteiger partial charge in [-0.15, -0.1) is 0 Å². The zero-order valence-electron chi connectivity index (χ0n) is 14.7. The van der Waals surface area contributed by atoms with Crippen molar-refractivity contribution in [2.45, 2.75) is 49.5 Å². The number of rotatable bonds is 3. The summed E-state index contributed by atoms with van der Waals surface area (Å²) >= 11 is 0.